The molecule has 2 amide bonds. The number of rotatable bonds is 8. The second-order valence-corrected chi connectivity index (χ2v) is 4.86. The van der Waals surface area contributed by atoms with Crippen LogP contribution in [0.25, 0.3) is 0 Å². The van der Waals surface area contributed by atoms with Gasteiger partial charge >= 0.3 is 5.97 Å². The fourth-order valence-electron chi connectivity index (χ4n) is 1.65. The van der Waals surface area contributed by atoms with Crippen molar-refractivity contribution >= 4 is 29.4 Å². The Balaban J connectivity index is 2.69. The fraction of sp³-hybridized carbons (Fsp3) is 0.400. The molecule has 0 fully saturated rings. The maximum Gasteiger partial charge on any atom is 0.338 e. The number of carbonyl (C=O) groups excluding carboxylic acids is 3. The molecule has 0 saturated carbocycles. The summed E-state index contributed by atoms with van der Waals surface area (Å²) < 4.78 is 15.3. The molecule has 0 spiro atoms. The first-order chi connectivity index (χ1) is 11.4. The van der Waals surface area contributed by atoms with Crippen molar-refractivity contribution < 1.29 is 28.6 Å². The summed E-state index contributed by atoms with van der Waals surface area (Å²) in [4.78, 5) is 34.5. The Morgan fingerprint density at radius 2 is 1.92 bits per heavy atom. The molecule has 0 atom stereocenters. The molecule has 9 heteroatoms. The molecule has 0 heterocycles. The van der Waals surface area contributed by atoms with Gasteiger partial charge in [0.1, 0.15) is 0 Å². The maximum absolute atomic E-state index is 12.0. The third-order valence-corrected chi connectivity index (χ3v) is 3.09. The molecule has 2 N–H and O–H groups in total. The number of nitrogens with one attached hydrogen (secondary N) is 2. The summed E-state index contributed by atoms with van der Waals surface area (Å²) in [6, 6.07) is 2.77. The molecule has 0 radical (unpaired) electrons. The molecule has 0 bridgehead atoms. The molecule has 0 aromatic heterocycles. The maximum atomic E-state index is 12.0. The Labute approximate surface area is 144 Å². The van der Waals surface area contributed by atoms with Gasteiger partial charge in [0.15, 0.2) is 18.1 Å². The molecule has 1 aromatic rings. The topological polar surface area (TPSA) is 103 Å². The largest absolute Gasteiger partial charge is 0.493 e. The Hall–Kier alpha value is -2.48. The monoisotopic (exact) mass is 358 g/mol. The summed E-state index contributed by atoms with van der Waals surface area (Å²) in [6.45, 7) is 1.44. The van der Waals surface area contributed by atoms with Crippen molar-refractivity contribution in [2.24, 2.45) is 0 Å². The highest BCUT2D eigenvalue weighted by Gasteiger charge is 2.17. The first kappa shape index (κ1) is 19.6. The minimum atomic E-state index is -0.756. The van der Waals surface area contributed by atoms with Crippen LogP contribution in [-0.2, 0) is 14.3 Å². The lowest BCUT2D eigenvalue weighted by molar-refractivity contribution is -0.127. The van der Waals surface area contributed by atoms with E-state index in [0.29, 0.717) is 12.4 Å². The van der Waals surface area contributed by atoms with E-state index >= 15 is 0 Å². The van der Waals surface area contributed by atoms with Crippen molar-refractivity contribution in [3.05, 3.63) is 22.7 Å². The SMILES string of the molecule is CCOc1c(Cl)cc(C(=O)OCC(=O)NCC(=O)NC)cc1OC. The van der Waals surface area contributed by atoms with Gasteiger partial charge in [-0.3, -0.25) is 9.59 Å². The zero-order valence-corrected chi connectivity index (χ0v) is 14.4. The van der Waals surface area contributed by atoms with Gasteiger partial charge < -0.3 is 24.8 Å². The number of hydrogen-bond donors (Lipinski definition) is 2. The van der Waals surface area contributed by atoms with Crippen LogP contribution in [0.2, 0.25) is 5.02 Å². The number of likely N-dealkylation sites (N-methyl/N-ethyl adjacent to an activating group) is 1. The van der Waals surface area contributed by atoms with Crippen LogP contribution in [-0.4, -0.2) is 51.7 Å². The van der Waals surface area contributed by atoms with Crippen LogP contribution >= 0.6 is 11.6 Å². The minimum Gasteiger partial charge on any atom is -0.493 e. The number of benzene rings is 1. The molecule has 8 nitrogen and oxygen atoms in total. The Morgan fingerprint density at radius 1 is 1.21 bits per heavy atom. The van der Waals surface area contributed by atoms with E-state index in [2.05, 4.69) is 10.6 Å². The molecule has 24 heavy (non-hydrogen) atoms. The molecule has 1 aromatic carbocycles. The molecular formula is C15H19ClN2O6. The predicted molar refractivity (Wildman–Crippen MR) is 86.5 cm³/mol. The summed E-state index contributed by atoms with van der Waals surface area (Å²) in [5, 5.41) is 4.83. The van der Waals surface area contributed by atoms with E-state index in [1.54, 1.807) is 6.92 Å². The van der Waals surface area contributed by atoms with Crippen LogP contribution in [0, 0.1) is 0 Å². The predicted octanol–water partition coefficient (Wildman–Crippen LogP) is 0.766. The van der Waals surface area contributed by atoms with E-state index in [0.717, 1.165) is 0 Å². The summed E-state index contributed by atoms with van der Waals surface area (Å²) >= 11 is 6.06. The molecule has 0 aliphatic rings. The number of ether oxygens (including phenoxy) is 3. The van der Waals surface area contributed by atoms with Gasteiger partial charge in [0.25, 0.3) is 5.91 Å². The summed E-state index contributed by atoms with van der Waals surface area (Å²) in [5.74, 6) is -1.12. The van der Waals surface area contributed by atoms with Gasteiger partial charge in [-0.15, -0.1) is 0 Å². The van der Waals surface area contributed by atoms with E-state index in [1.807, 2.05) is 0 Å². The van der Waals surface area contributed by atoms with Crippen molar-refractivity contribution in [3.63, 3.8) is 0 Å². The van der Waals surface area contributed by atoms with Gasteiger partial charge in [0.05, 0.1) is 30.8 Å². The fourth-order valence-corrected chi connectivity index (χ4v) is 1.92. The quantitative estimate of drug-likeness (QED) is 0.665. The zero-order valence-electron chi connectivity index (χ0n) is 13.6. The third-order valence-electron chi connectivity index (χ3n) is 2.81. The minimum absolute atomic E-state index is 0.111. The second-order valence-electron chi connectivity index (χ2n) is 4.45. The van der Waals surface area contributed by atoms with Crippen LogP contribution in [0.1, 0.15) is 17.3 Å². The standard InChI is InChI=1S/C15H19ClN2O6/c1-4-23-14-10(16)5-9(6-11(14)22-3)15(21)24-8-13(20)18-7-12(19)17-2/h5-6H,4,7-8H2,1-3H3,(H,17,19)(H,18,20). The van der Waals surface area contributed by atoms with Crippen LogP contribution in [0.4, 0.5) is 0 Å². The van der Waals surface area contributed by atoms with E-state index in [-0.39, 0.29) is 28.8 Å². The van der Waals surface area contributed by atoms with Gasteiger partial charge in [0.2, 0.25) is 5.91 Å². The lowest BCUT2D eigenvalue weighted by atomic mass is 10.2. The number of hydrogen-bond acceptors (Lipinski definition) is 6. The molecule has 0 aliphatic heterocycles. The van der Waals surface area contributed by atoms with Gasteiger partial charge in [-0.2, -0.15) is 0 Å². The van der Waals surface area contributed by atoms with E-state index in [9.17, 15) is 14.4 Å². The van der Waals surface area contributed by atoms with Crippen molar-refractivity contribution in [2.45, 2.75) is 6.92 Å². The third kappa shape index (κ3) is 5.62. The van der Waals surface area contributed by atoms with Gasteiger partial charge in [-0.25, -0.2) is 4.79 Å². The highest BCUT2D eigenvalue weighted by atomic mass is 35.5. The van der Waals surface area contributed by atoms with Crippen LogP contribution in [0.3, 0.4) is 0 Å². The molecule has 0 aliphatic carbocycles. The van der Waals surface area contributed by atoms with Crippen LogP contribution in [0.15, 0.2) is 12.1 Å². The van der Waals surface area contributed by atoms with Gasteiger partial charge in [-0.1, -0.05) is 11.6 Å². The number of methoxy groups -OCH3 is 1. The van der Waals surface area contributed by atoms with Crippen LogP contribution in [0.5, 0.6) is 11.5 Å². The van der Waals surface area contributed by atoms with E-state index < -0.39 is 18.5 Å². The van der Waals surface area contributed by atoms with E-state index in [4.69, 9.17) is 25.8 Å². The Kier molecular flexibility index (Phi) is 7.84. The molecular weight excluding hydrogens is 340 g/mol. The Bertz CT molecular complexity index is 620. The Morgan fingerprint density at radius 3 is 2.50 bits per heavy atom. The lowest BCUT2D eigenvalue weighted by Crippen LogP contribution is -2.37. The average Bonchev–Trinajstić information content (AvgIpc) is 2.58. The first-order valence-corrected chi connectivity index (χ1v) is 7.45. The van der Waals surface area contributed by atoms with Crippen molar-refractivity contribution in [3.8, 4) is 11.5 Å². The number of carbonyl (C=O) groups is 3. The highest BCUT2D eigenvalue weighted by molar-refractivity contribution is 6.32. The summed E-state index contributed by atoms with van der Waals surface area (Å²) in [6.07, 6.45) is 0. The van der Waals surface area contributed by atoms with Crippen molar-refractivity contribution in [1.82, 2.24) is 10.6 Å². The molecule has 132 valence electrons. The summed E-state index contributed by atoms with van der Waals surface area (Å²) in [7, 11) is 2.85. The first-order valence-electron chi connectivity index (χ1n) is 7.07. The summed E-state index contributed by atoms with van der Waals surface area (Å²) in [5.41, 5.74) is 0.111. The van der Waals surface area contributed by atoms with Crippen LogP contribution < -0.4 is 20.1 Å². The van der Waals surface area contributed by atoms with Crippen molar-refractivity contribution in [2.75, 3.05) is 33.9 Å². The molecule has 0 unspecified atom stereocenters. The van der Waals surface area contributed by atoms with Crippen molar-refractivity contribution in [1.29, 1.82) is 0 Å². The van der Waals surface area contributed by atoms with Gasteiger partial charge in [0, 0.05) is 7.05 Å². The number of amides is 2. The number of halogens is 1. The normalized spacial score (nSPS) is 9.83. The second kappa shape index (κ2) is 9.61. The van der Waals surface area contributed by atoms with Gasteiger partial charge in [-0.05, 0) is 19.1 Å². The lowest BCUT2D eigenvalue weighted by Gasteiger charge is -2.13. The smallest absolute Gasteiger partial charge is 0.338 e. The highest BCUT2D eigenvalue weighted by Crippen LogP contribution is 2.36. The zero-order chi connectivity index (χ0) is 18.1. The molecule has 1 rings (SSSR count). The average molecular weight is 359 g/mol. The number of esters is 1. The van der Waals surface area contributed by atoms with E-state index in [1.165, 1.54) is 26.3 Å². The molecule has 0 saturated heterocycles.